The number of aromatic nitrogens is 2. The van der Waals surface area contributed by atoms with Gasteiger partial charge in [-0.05, 0) is 30.3 Å². The van der Waals surface area contributed by atoms with Crippen LogP contribution in [0.1, 0.15) is 5.69 Å². The number of hydrogen-bond acceptors (Lipinski definition) is 8. The summed E-state index contributed by atoms with van der Waals surface area (Å²) < 4.78 is 25.3. The second-order valence-corrected chi connectivity index (χ2v) is 9.70. The third-order valence-electron chi connectivity index (χ3n) is 4.36. The largest absolute Gasteiger partial charge is 0.298 e. The van der Waals surface area contributed by atoms with Gasteiger partial charge in [-0.25, -0.2) is 18.4 Å². The number of carbonyl (C=O) groups is 1. The Morgan fingerprint density at radius 3 is 2.56 bits per heavy atom. The van der Waals surface area contributed by atoms with Gasteiger partial charge in [0.1, 0.15) is 4.21 Å². The molecule has 2 heterocycles. The number of nitro benzene ring substituents is 1. The highest BCUT2D eigenvalue weighted by Crippen LogP contribution is 2.29. The number of nitro groups is 1. The summed E-state index contributed by atoms with van der Waals surface area (Å²) >= 11 is 0.783. The SMILES string of the molecule is O=C(/C=C/c1ccc2ccccc2n1)Nc1ncc(S(=O)(=O)c2ccc([N+](=O)[O-])cc2)s1. The van der Waals surface area contributed by atoms with Crippen molar-refractivity contribution < 1.29 is 18.1 Å². The van der Waals surface area contributed by atoms with E-state index in [9.17, 15) is 23.3 Å². The zero-order chi connectivity index (χ0) is 22.7. The maximum atomic E-state index is 12.7. The molecule has 4 rings (SSSR count). The van der Waals surface area contributed by atoms with Gasteiger partial charge in [0, 0.05) is 23.6 Å². The molecule has 1 amide bonds. The van der Waals surface area contributed by atoms with Crippen molar-refractivity contribution in [3.63, 3.8) is 0 Å². The van der Waals surface area contributed by atoms with Crippen LogP contribution in [0.15, 0.2) is 82.0 Å². The molecular formula is C21H14N4O5S2. The lowest BCUT2D eigenvalue weighted by molar-refractivity contribution is -0.384. The maximum absolute atomic E-state index is 12.7. The van der Waals surface area contributed by atoms with Crippen molar-refractivity contribution in [2.24, 2.45) is 0 Å². The van der Waals surface area contributed by atoms with Crippen molar-refractivity contribution >= 4 is 54.9 Å². The molecule has 0 saturated carbocycles. The number of sulfone groups is 1. The van der Waals surface area contributed by atoms with Gasteiger partial charge < -0.3 is 0 Å². The molecule has 11 heteroatoms. The average molecular weight is 467 g/mol. The maximum Gasteiger partial charge on any atom is 0.269 e. The van der Waals surface area contributed by atoms with E-state index in [4.69, 9.17) is 0 Å². The predicted molar refractivity (Wildman–Crippen MR) is 120 cm³/mol. The van der Waals surface area contributed by atoms with Gasteiger partial charge in [0.25, 0.3) is 5.69 Å². The van der Waals surface area contributed by atoms with Gasteiger partial charge in [-0.1, -0.05) is 35.6 Å². The summed E-state index contributed by atoms with van der Waals surface area (Å²) in [5, 5.41) is 14.3. The number of para-hydroxylation sites is 1. The molecule has 0 saturated heterocycles. The molecule has 0 fully saturated rings. The van der Waals surface area contributed by atoms with Gasteiger partial charge in [0.2, 0.25) is 15.7 Å². The van der Waals surface area contributed by atoms with Gasteiger partial charge in [-0.15, -0.1) is 0 Å². The Hall–Kier alpha value is -3.96. The second-order valence-electron chi connectivity index (χ2n) is 6.49. The van der Waals surface area contributed by atoms with E-state index in [1.165, 1.54) is 6.08 Å². The van der Waals surface area contributed by atoms with E-state index >= 15 is 0 Å². The lowest BCUT2D eigenvalue weighted by Gasteiger charge is -2.01. The molecule has 0 bridgehead atoms. The average Bonchev–Trinajstić information content (AvgIpc) is 3.27. The van der Waals surface area contributed by atoms with Crippen LogP contribution in [0.2, 0.25) is 0 Å². The Bertz CT molecular complexity index is 1460. The van der Waals surface area contributed by atoms with E-state index < -0.39 is 20.7 Å². The minimum atomic E-state index is -3.92. The Balaban J connectivity index is 1.46. The van der Waals surface area contributed by atoms with E-state index in [1.807, 2.05) is 30.3 Å². The molecule has 0 spiro atoms. The standard InChI is InChI=1S/C21H14N4O5S2/c26-19(12-7-15-6-5-14-3-1-2-4-18(14)23-15)24-21-22-13-20(31-21)32(29,30)17-10-8-16(9-11-17)25(27)28/h1-13H,(H,22,24,26)/b12-7+. The van der Waals surface area contributed by atoms with Crippen LogP contribution in [0.5, 0.6) is 0 Å². The van der Waals surface area contributed by atoms with Crippen LogP contribution in [0, 0.1) is 10.1 Å². The van der Waals surface area contributed by atoms with Crippen molar-refractivity contribution in [2.75, 3.05) is 5.32 Å². The molecule has 1 N–H and O–H groups in total. The molecule has 9 nitrogen and oxygen atoms in total. The van der Waals surface area contributed by atoms with Crippen LogP contribution in [-0.4, -0.2) is 29.2 Å². The number of hydrogen-bond donors (Lipinski definition) is 1. The fourth-order valence-electron chi connectivity index (χ4n) is 2.79. The zero-order valence-electron chi connectivity index (χ0n) is 16.2. The van der Waals surface area contributed by atoms with Crippen LogP contribution in [0.3, 0.4) is 0 Å². The molecule has 2 aromatic carbocycles. The molecule has 0 aliphatic rings. The molecular weight excluding hydrogens is 452 g/mol. The fourth-order valence-corrected chi connectivity index (χ4v) is 5.22. The van der Waals surface area contributed by atoms with Crippen LogP contribution >= 0.6 is 11.3 Å². The molecule has 0 aliphatic heterocycles. The minimum absolute atomic E-state index is 0.0955. The highest BCUT2D eigenvalue weighted by molar-refractivity contribution is 7.93. The van der Waals surface area contributed by atoms with E-state index in [0.717, 1.165) is 52.7 Å². The number of rotatable bonds is 6. The monoisotopic (exact) mass is 466 g/mol. The molecule has 0 unspecified atom stereocenters. The summed E-state index contributed by atoms with van der Waals surface area (Å²) in [5.74, 6) is -0.492. The summed E-state index contributed by atoms with van der Waals surface area (Å²) in [4.78, 5) is 30.6. The highest BCUT2D eigenvalue weighted by atomic mass is 32.2. The van der Waals surface area contributed by atoms with E-state index in [0.29, 0.717) is 5.69 Å². The van der Waals surface area contributed by atoms with Crippen LogP contribution < -0.4 is 5.32 Å². The Morgan fingerprint density at radius 1 is 1.06 bits per heavy atom. The Labute approximate surface area is 186 Å². The van der Waals surface area contributed by atoms with Crippen molar-refractivity contribution in [1.82, 2.24) is 9.97 Å². The van der Waals surface area contributed by atoms with Crippen molar-refractivity contribution in [3.8, 4) is 0 Å². The van der Waals surface area contributed by atoms with Gasteiger partial charge in [0.05, 0.1) is 27.2 Å². The highest BCUT2D eigenvalue weighted by Gasteiger charge is 2.22. The number of nitrogens with one attached hydrogen (secondary N) is 1. The fraction of sp³-hybridized carbons (Fsp3) is 0. The first-order chi connectivity index (χ1) is 15.3. The number of benzene rings is 2. The number of carbonyl (C=O) groups excluding carboxylic acids is 1. The topological polar surface area (TPSA) is 132 Å². The first kappa shape index (κ1) is 21.3. The van der Waals surface area contributed by atoms with Gasteiger partial charge in [-0.3, -0.25) is 20.2 Å². The normalized spacial score (nSPS) is 11.6. The lowest BCUT2D eigenvalue weighted by atomic mass is 10.2. The van der Waals surface area contributed by atoms with Crippen molar-refractivity contribution in [2.45, 2.75) is 9.10 Å². The van der Waals surface area contributed by atoms with E-state index in [1.54, 1.807) is 12.1 Å². The summed E-state index contributed by atoms with van der Waals surface area (Å²) in [6.45, 7) is 0. The molecule has 0 aliphatic carbocycles. The molecule has 32 heavy (non-hydrogen) atoms. The number of amides is 1. The number of fused-ring (bicyclic) bond motifs is 1. The van der Waals surface area contributed by atoms with Gasteiger partial charge in [-0.2, -0.15) is 0 Å². The number of pyridine rings is 1. The first-order valence-corrected chi connectivity index (χ1v) is 11.4. The number of non-ortho nitro benzene ring substituents is 1. The predicted octanol–water partition coefficient (Wildman–Crippen LogP) is 4.08. The zero-order valence-corrected chi connectivity index (χ0v) is 17.8. The number of thiazole rings is 1. The van der Waals surface area contributed by atoms with E-state index in [2.05, 4.69) is 15.3 Å². The number of nitrogens with zero attached hydrogens (tertiary/aromatic N) is 3. The van der Waals surface area contributed by atoms with Gasteiger partial charge in [0.15, 0.2) is 5.13 Å². The molecule has 4 aromatic rings. The van der Waals surface area contributed by atoms with Crippen LogP contribution in [0.4, 0.5) is 10.8 Å². The van der Waals surface area contributed by atoms with Crippen LogP contribution in [0.25, 0.3) is 17.0 Å². The quantitative estimate of drug-likeness (QED) is 0.257. The molecule has 160 valence electrons. The van der Waals surface area contributed by atoms with Crippen molar-refractivity contribution in [1.29, 1.82) is 0 Å². The van der Waals surface area contributed by atoms with Crippen molar-refractivity contribution in [3.05, 3.63) is 88.7 Å². The number of anilines is 1. The Kier molecular flexibility index (Phi) is 5.75. The minimum Gasteiger partial charge on any atom is -0.298 e. The third-order valence-corrected chi connectivity index (χ3v) is 7.51. The molecule has 0 radical (unpaired) electrons. The second kappa shape index (κ2) is 8.65. The summed E-state index contributed by atoms with van der Waals surface area (Å²) in [6, 6.07) is 15.8. The summed E-state index contributed by atoms with van der Waals surface area (Å²) in [5.41, 5.74) is 1.18. The van der Waals surface area contributed by atoms with Crippen LogP contribution in [-0.2, 0) is 14.6 Å². The van der Waals surface area contributed by atoms with Gasteiger partial charge >= 0.3 is 0 Å². The summed E-state index contributed by atoms with van der Waals surface area (Å²) in [6.07, 6.45) is 3.96. The first-order valence-electron chi connectivity index (χ1n) is 9.13. The lowest BCUT2D eigenvalue weighted by Crippen LogP contribution is -2.07. The Morgan fingerprint density at radius 2 is 1.81 bits per heavy atom. The van der Waals surface area contributed by atoms with E-state index in [-0.39, 0.29) is 19.9 Å². The molecule has 2 aromatic heterocycles. The summed E-state index contributed by atoms with van der Waals surface area (Å²) in [7, 11) is -3.92. The third kappa shape index (κ3) is 4.53. The molecule has 0 atom stereocenters. The smallest absolute Gasteiger partial charge is 0.269 e.